The number of benzene rings is 2. The van der Waals surface area contributed by atoms with Gasteiger partial charge in [0.15, 0.2) is 0 Å². The molecule has 1 aliphatic heterocycles. The van der Waals surface area contributed by atoms with E-state index in [1.54, 1.807) is 42.7 Å². The molecule has 2 aromatic carbocycles. The summed E-state index contributed by atoms with van der Waals surface area (Å²) in [6.07, 6.45) is 3.18. The van der Waals surface area contributed by atoms with Crippen molar-refractivity contribution in [2.75, 3.05) is 20.3 Å². The van der Waals surface area contributed by atoms with Crippen molar-refractivity contribution in [1.29, 1.82) is 0 Å². The molecule has 1 amide bonds. The van der Waals surface area contributed by atoms with Gasteiger partial charge in [-0.3, -0.25) is 14.6 Å². The average Bonchev–Trinajstić information content (AvgIpc) is 3.12. The van der Waals surface area contributed by atoms with Crippen LogP contribution in [0.4, 0.5) is 0 Å². The summed E-state index contributed by atoms with van der Waals surface area (Å²) in [5.41, 5.74) is 3.01. The molecule has 4 rings (SSSR count). The number of Topliss-reactive ketones (excluding diaryl/α,β-unsaturated/α-hetero) is 1. The first kappa shape index (κ1) is 23.2. The second-order valence-electron chi connectivity index (χ2n) is 8.02. The third kappa shape index (κ3) is 4.70. The highest BCUT2D eigenvalue weighted by atomic mass is 16.5. The van der Waals surface area contributed by atoms with Crippen LogP contribution in [0.5, 0.6) is 5.75 Å². The Bertz CT molecular complexity index is 1210. The Morgan fingerprint density at radius 2 is 1.79 bits per heavy atom. The van der Waals surface area contributed by atoms with E-state index in [0.29, 0.717) is 23.5 Å². The van der Waals surface area contributed by atoms with Crippen LogP contribution in [0.15, 0.2) is 78.6 Å². The maximum Gasteiger partial charge on any atom is 0.295 e. The summed E-state index contributed by atoms with van der Waals surface area (Å²) >= 11 is 0. The Hall–Kier alpha value is -3.97. The van der Waals surface area contributed by atoms with Crippen molar-refractivity contribution in [3.8, 4) is 5.75 Å². The van der Waals surface area contributed by atoms with Crippen LogP contribution in [-0.2, 0) is 20.9 Å². The number of aryl methyl sites for hydroxylation is 1. The van der Waals surface area contributed by atoms with Crippen LogP contribution in [0.1, 0.15) is 28.3 Å². The number of carbonyl (C=O) groups is 2. The smallest absolute Gasteiger partial charge is 0.295 e. The van der Waals surface area contributed by atoms with E-state index < -0.39 is 17.7 Å². The molecule has 2 heterocycles. The van der Waals surface area contributed by atoms with Gasteiger partial charge in [0.2, 0.25) is 0 Å². The van der Waals surface area contributed by atoms with E-state index in [1.165, 1.54) is 12.0 Å². The lowest BCUT2D eigenvalue weighted by Gasteiger charge is -2.24. The van der Waals surface area contributed by atoms with Crippen molar-refractivity contribution in [3.63, 3.8) is 0 Å². The van der Waals surface area contributed by atoms with Crippen LogP contribution >= 0.6 is 0 Å². The van der Waals surface area contributed by atoms with E-state index in [4.69, 9.17) is 9.47 Å². The predicted octanol–water partition coefficient (Wildman–Crippen LogP) is 4.04. The summed E-state index contributed by atoms with van der Waals surface area (Å²) in [6, 6.07) is 17.8. The molecule has 0 aliphatic carbocycles. The molecule has 174 valence electrons. The van der Waals surface area contributed by atoms with Crippen molar-refractivity contribution in [1.82, 2.24) is 9.88 Å². The predicted molar refractivity (Wildman–Crippen MR) is 127 cm³/mol. The number of hydrogen-bond acceptors (Lipinski definition) is 6. The molecule has 34 heavy (non-hydrogen) atoms. The zero-order valence-electron chi connectivity index (χ0n) is 19.1. The SMILES string of the molecule is COCCN1C(=O)C(=O)/C(=C(/O)c2ccc(OCc3ccccc3)c(C)c2)C1c1ccncc1. The molecule has 1 aromatic heterocycles. The lowest BCUT2D eigenvalue weighted by atomic mass is 9.95. The fourth-order valence-corrected chi connectivity index (χ4v) is 4.04. The van der Waals surface area contributed by atoms with Gasteiger partial charge < -0.3 is 19.5 Å². The molecule has 0 spiro atoms. The van der Waals surface area contributed by atoms with Gasteiger partial charge in [-0.05, 0) is 53.9 Å². The number of likely N-dealkylation sites (tertiary alicyclic amines) is 1. The fraction of sp³-hybridized carbons (Fsp3) is 0.222. The summed E-state index contributed by atoms with van der Waals surface area (Å²) in [5, 5.41) is 11.2. The maximum absolute atomic E-state index is 13.0. The van der Waals surface area contributed by atoms with E-state index in [-0.39, 0.29) is 24.5 Å². The molecule has 0 bridgehead atoms. The third-order valence-electron chi connectivity index (χ3n) is 5.78. The molecule has 7 nitrogen and oxygen atoms in total. The number of methoxy groups -OCH3 is 1. The summed E-state index contributed by atoms with van der Waals surface area (Å²) < 4.78 is 11.1. The first-order valence-corrected chi connectivity index (χ1v) is 11.0. The number of nitrogens with zero attached hydrogens (tertiary/aromatic N) is 2. The minimum absolute atomic E-state index is 0.0460. The summed E-state index contributed by atoms with van der Waals surface area (Å²) in [5.74, 6) is -0.943. The monoisotopic (exact) mass is 458 g/mol. The number of amides is 1. The van der Waals surface area contributed by atoms with Crippen LogP contribution in [-0.4, -0.2) is 46.9 Å². The van der Waals surface area contributed by atoms with Crippen molar-refractivity contribution < 1.29 is 24.2 Å². The van der Waals surface area contributed by atoms with Gasteiger partial charge in [-0.15, -0.1) is 0 Å². The summed E-state index contributed by atoms with van der Waals surface area (Å²) in [4.78, 5) is 31.3. The molecule has 1 unspecified atom stereocenters. The van der Waals surface area contributed by atoms with Crippen LogP contribution in [0.25, 0.3) is 5.76 Å². The Labute approximate surface area is 198 Å². The molecular formula is C27H26N2O5. The van der Waals surface area contributed by atoms with E-state index in [0.717, 1.165) is 11.1 Å². The number of aliphatic hydroxyl groups is 1. The molecule has 0 radical (unpaired) electrons. The largest absolute Gasteiger partial charge is 0.507 e. The molecule has 1 aliphatic rings. The van der Waals surface area contributed by atoms with Crippen LogP contribution in [0.3, 0.4) is 0 Å². The molecule has 7 heteroatoms. The van der Waals surface area contributed by atoms with Gasteiger partial charge in [0, 0.05) is 31.6 Å². The molecule has 3 aromatic rings. The zero-order chi connectivity index (χ0) is 24.1. The summed E-state index contributed by atoms with van der Waals surface area (Å²) in [6.45, 7) is 2.77. The fourth-order valence-electron chi connectivity index (χ4n) is 4.04. The lowest BCUT2D eigenvalue weighted by Crippen LogP contribution is -2.32. The molecule has 1 atom stereocenters. The minimum atomic E-state index is -0.729. The van der Waals surface area contributed by atoms with Crippen LogP contribution in [0, 0.1) is 6.92 Å². The van der Waals surface area contributed by atoms with Crippen molar-refractivity contribution in [3.05, 3.63) is 101 Å². The second kappa shape index (κ2) is 10.3. The number of aliphatic hydroxyl groups excluding tert-OH is 1. The number of carbonyl (C=O) groups excluding carboxylic acids is 2. The van der Waals surface area contributed by atoms with Gasteiger partial charge in [0.05, 0.1) is 18.2 Å². The van der Waals surface area contributed by atoms with E-state index in [1.807, 2.05) is 37.3 Å². The summed E-state index contributed by atoms with van der Waals surface area (Å²) in [7, 11) is 1.53. The number of hydrogen-bond donors (Lipinski definition) is 1. The topological polar surface area (TPSA) is 89.0 Å². The number of pyridine rings is 1. The van der Waals surface area contributed by atoms with Gasteiger partial charge in [0.25, 0.3) is 11.7 Å². The highest BCUT2D eigenvalue weighted by Crippen LogP contribution is 2.39. The van der Waals surface area contributed by atoms with Crippen LogP contribution in [0.2, 0.25) is 0 Å². The van der Waals surface area contributed by atoms with Gasteiger partial charge in [0.1, 0.15) is 18.1 Å². The Kier molecular flexibility index (Phi) is 7.04. The lowest BCUT2D eigenvalue weighted by molar-refractivity contribution is -0.140. The molecule has 1 saturated heterocycles. The second-order valence-corrected chi connectivity index (χ2v) is 8.02. The number of rotatable bonds is 8. The minimum Gasteiger partial charge on any atom is -0.507 e. The van der Waals surface area contributed by atoms with Crippen molar-refractivity contribution in [2.24, 2.45) is 0 Å². The van der Waals surface area contributed by atoms with Gasteiger partial charge >= 0.3 is 0 Å². The highest BCUT2D eigenvalue weighted by Gasteiger charge is 2.45. The zero-order valence-corrected chi connectivity index (χ0v) is 19.1. The maximum atomic E-state index is 13.0. The van der Waals surface area contributed by atoms with Gasteiger partial charge in [-0.1, -0.05) is 30.3 Å². The van der Waals surface area contributed by atoms with Crippen LogP contribution < -0.4 is 4.74 Å². The standard InChI is InChI=1S/C27H26N2O5/c1-18-16-21(8-9-22(18)34-17-19-6-4-3-5-7-19)25(30)23-24(20-10-12-28-13-11-20)29(14-15-33-2)27(32)26(23)31/h3-13,16,24,30H,14-15,17H2,1-2H3/b25-23+. The van der Waals surface area contributed by atoms with E-state index >= 15 is 0 Å². The molecule has 1 N–H and O–H groups in total. The van der Waals surface area contributed by atoms with E-state index in [9.17, 15) is 14.7 Å². The van der Waals surface area contributed by atoms with Crippen molar-refractivity contribution >= 4 is 17.4 Å². The molecular weight excluding hydrogens is 432 g/mol. The Morgan fingerprint density at radius 3 is 2.47 bits per heavy atom. The number of ketones is 1. The highest BCUT2D eigenvalue weighted by molar-refractivity contribution is 6.46. The number of ether oxygens (including phenoxy) is 2. The quantitative estimate of drug-likeness (QED) is 0.311. The Morgan fingerprint density at radius 1 is 1.06 bits per heavy atom. The molecule has 1 fully saturated rings. The van der Waals surface area contributed by atoms with Gasteiger partial charge in [-0.25, -0.2) is 0 Å². The van der Waals surface area contributed by atoms with Gasteiger partial charge in [-0.2, -0.15) is 0 Å². The first-order chi connectivity index (χ1) is 16.5. The normalized spacial score (nSPS) is 17.2. The van der Waals surface area contributed by atoms with E-state index in [2.05, 4.69) is 4.98 Å². The molecule has 0 saturated carbocycles. The first-order valence-electron chi connectivity index (χ1n) is 11.0. The number of aromatic nitrogens is 1. The average molecular weight is 459 g/mol. The Balaban J connectivity index is 1.68. The van der Waals surface area contributed by atoms with Crippen molar-refractivity contribution in [2.45, 2.75) is 19.6 Å². The third-order valence-corrected chi connectivity index (χ3v) is 5.78.